The van der Waals surface area contributed by atoms with E-state index in [0.717, 1.165) is 5.69 Å². The van der Waals surface area contributed by atoms with Gasteiger partial charge >= 0.3 is 0 Å². The summed E-state index contributed by atoms with van der Waals surface area (Å²) in [6.07, 6.45) is 0. The van der Waals surface area contributed by atoms with E-state index in [0.29, 0.717) is 10.8 Å². The summed E-state index contributed by atoms with van der Waals surface area (Å²) in [6.45, 7) is 4.30. The first-order chi connectivity index (χ1) is 9.65. The average Bonchev–Trinajstić information content (AvgIpc) is 2.46. The lowest BCUT2D eigenvalue weighted by Gasteiger charge is -2.09. The number of hydrogen-bond donors (Lipinski definition) is 2. The fraction of sp³-hybridized carbons (Fsp3) is 0.188. The van der Waals surface area contributed by atoms with Crippen LogP contribution < -0.4 is 10.9 Å². The molecule has 0 saturated carbocycles. The number of rotatable bonds is 5. The minimum Gasteiger partial charge on any atom is -0.298 e. The zero-order valence-corrected chi connectivity index (χ0v) is 12.4. The van der Waals surface area contributed by atoms with Crippen LogP contribution in [0.25, 0.3) is 0 Å². The molecule has 0 heterocycles. The highest BCUT2D eigenvalue weighted by atomic mass is 32.2. The number of amides is 1. The fourth-order valence-electron chi connectivity index (χ4n) is 1.68. The van der Waals surface area contributed by atoms with Gasteiger partial charge in [0.15, 0.2) is 0 Å². The summed E-state index contributed by atoms with van der Waals surface area (Å²) in [4.78, 5) is 13.1. The molecule has 0 radical (unpaired) electrons. The number of hydrazine groups is 1. The van der Waals surface area contributed by atoms with E-state index in [2.05, 4.69) is 24.7 Å². The highest BCUT2D eigenvalue weighted by molar-refractivity contribution is 7.99. The molecule has 0 atom stereocenters. The van der Waals surface area contributed by atoms with Crippen LogP contribution in [-0.4, -0.2) is 11.2 Å². The van der Waals surface area contributed by atoms with Crippen molar-refractivity contribution in [3.63, 3.8) is 0 Å². The van der Waals surface area contributed by atoms with Gasteiger partial charge in [-0.25, -0.2) is 0 Å². The summed E-state index contributed by atoms with van der Waals surface area (Å²) in [5.74, 6) is -0.144. The van der Waals surface area contributed by atoms with Crippen LogP contribution >= 0.6 is 11.8 Å². The first-order valence-electron chi connectivity index (χ1n) is 6.53. The van der Waals surface area contributed by atoms with E-state index < -0.39 is 0 Å². The standard InChI is InChI=1S/C16H18N2OS/c1-12(2)20-15-10-8-13(9-11-15)16(19)18-17-14-6-4-3-5-7-14/h3-12,17H,1-2H3,(H,18,19). The number of anilines is 1. The minimum atomic E-state index is -0.144. The van der Waals surface area contributed by atoms with E-state index in [1.165, 1.54) is 4.90 Å². The molecular formula is C16H18N2OS. The molecule has 2 rings (SSSR count). The average molecular weight is 286 g/mol. The highest BCUT2D eigenvalue weighted by Gasteiger charge is 2.05. The Morgan fingerprint density at radius 3 is 2.25 bits per heavy atom. The molecule has 0 spiro atoms. The molecule has 3 nitrogen and oxygen atoms in total. The Hall–Kier alpha value is -1.94. The maximum absolute atomic E-state index is 12.0. The van der Waals surface area contributed by atoms with E-state index in [9.17, 15) is 4.79 Å². The molecule has 0 fully saturated rings. The van der Waals surface area contributed by atoms with E-state index >= 15 is 0 Å². The lowest BCUT2D eigenvalue weighted by molar-refractivity contribution is 0.0962. The first-order valence-corrected chi connectivity index (χ1v) is 7.41. The summed E-state index contributed by atoms with van der Waals surface area (Å²) >= 11 is 1.78. The van der Waals surface area contributed by atoms with E-state index in [1.54, 1.807) is 11.8 Å². The Bertz CT molecular complexity index is 552. The van der Waals surface area contributed by atoms with Crippen molar-refractivity contribution in [1.82, 2.24) is 5.43 Å². The normalized spacial score (nSPS) is 10.3. The third-order valence-electron chi connectivity index (χ3n) is 2.58. The van der Waals surface area contributed by atoms with Crippen molar-refractivity contribution in [1.29, 1.82) is 0 Å². The van der Waals surface area contributed by atoms with Gasteiger partial charge in [-0.05, 0) is 36.4 Å². The summed E-state index contributed by atoms with van der Waals surface area (Å²) < 4.78 is 0. The fourth-order valence-corrected chi connectivity index (χ4v) is 2.52. The second kappa shape index (κ2) is 7.01. The number of hydrogen-bond acceptors (Lipinski definition) is 3. The van der Waals surface area contributed by atoms with Crippen molar-refractivity contribution in [3.05, 3.63) is 60.2 Å². The lowest BCUT2D eigenvalue weighted by Crippen LogP contribution is -2.29. The van der Waals surface area contributed by atoms with E-state index in [1.807, 2.05) is 54.6 Å². The number of benzene rings is 2. The lowest BCUT2D eigenvalue weighted by atomic mass is 10.2. The molecule has 4 heteroatoms. The Morgan fingerprint density at radius 2 is 1.65 bits per heavy atom. The summed E-state index contributed by atoms with van der Waals surface area (Å²) in [5.41, 5.74) is 7.06. The predicted molar refractivity (Wildman–Crippen MR) is 85.0 cm³/mol. The largest absolute Gasteiger partial charge is 0.298 e. The molecular weight excluding hydrogens is 268 g/mol. The zero-order valence-electron chi connectivity index (χ0n) is 11.6. The first kappa shape index (κ1) is 14.5. The Kier molecular flexibility index (Phi) is 5.07. The molecule has 0 aliphatic heterocycles. The van der Waals surface area contributed by atoms with Gasteiger partial charge < -0.3 is 0 Å². The van der Waals surface area contributed by atoms with Crippen molar-refractivity contribution in [2.75, 3.05) is 5.43 Å². The minimum absolute atomic E-state index is 0.144. The van der Waals surface area contributed by atoms with Gasteiger partial charge in [-0.2, -0.15) is 0 Å². The van der Waals surface area contributed by atoms with Crippen molar-refractivity contribution < 1.29 is 4.79 Å². The van der Waals surface area contributed by atoms with Crippen LogP contribution in [0, 0.1) is 0 Å². The third kappa shape index (κ3) is 4.31. The molecule has 2 aromatic rings. The number of para-hydroxylation sites is 1. The van der Waals surface area contributed by atoms with Crippen LogP contribution in [0.3, 0.4) is 0 Å². The van der Waals surface area contributed by atoms with Gasteiger partial charge in [0, 0.05) is 15.7 Å². The molecule has 0 aliphatic carbocycles. The summed E-state index contributed by atoms with van der Waals surface area (Å²) in [5, 5.41) is 0.537. The molecule has 20 heavy (non-hydrogen) atoms. The van der Waals surface area contributed by atoms with Crippen LogP contribution in [0.15, 0.2) is 59.5 Å². The molecule has 2 aromatic carbocycles. The quantitative estimate of drug-likeness (QED) is 0.646. The van der Waals surface area contributed by atoms with Crippen LogP contribution in [0.2, 0.25) is 0 Å². The van der Waals surface area contributed by atoms with Crippen LogP contribution in [0.4, 0.5) is 5.69 Å². The van der Waals surface area contributed by atoms with Crippen LogP contribution in [0.1, 0.15) is 24.2 Å². The number of thioether (sulfide) groups is 1. The highest BCUT2D eigenvalue weighted by Crippen LogP contribution is 2.22. The molecule has 2 N–H and O–H groups in total. The monoisotopic (exact) mass is 286 g/mol. The van der Waals surface area contributed by atoms with Gasteiger partial charge in [0.25, 0.3) is 5.91 Å². The molecule has 1 amide bonds. The second-order valence-corrected chi connectivity index (χ2v) is 6.29. The van der Waals surface area contributed by atoms with Gasteiger partial charge in [0.1, 0.15) is 0 Å². The Morgan fingerprint density at radius 1 is 1.00 bits per heavy atom. The van der Waals surface area contributed by atoms with Crippen molar-refractivity contribution in [2.24, 2.45) is 0 Å². The maximum atomic E-state index is 12.0. The Balaban J connectivity index is 1.92. The van der Waals surface area contributed by atoms with Crippen molar-refractivity contribution in [3.8, 4) is 0 Å². The molecule has 104 valence electrons. The molecule has 0 bridgehead atoms. The summed E-state index contributed by atoms with van der Waals surface area (Å²) in [6, 6.07) is 17.2. The number of carbonyl (C=O) groups is 1. The van der Waals surface area contributed by atoms with Crippen molar-refractivity contribution >= 4 is 23.4 Å². The van der Waals surface area contributed by atoms with E-state index in [-0.39, 0.29) is 5.91 Å². The van der Waals surface area contributed by atoms with Gasteiger partial charge in [-0.1, -0.05) is 32.0 Å². The van der Waals surface area contributed by atoms with Gasteiger partial charge in [0.05, 0.1) is 5.69 Å². The van der Waals surface area contributed by atoms with Crippen LogP contribution in [0.5, 0.6) is 0 Å². The maximum Gasteiger partial charge on any atom is 0.269 e. The SMILES string of the molecule is CC(C)Sc1ccc(C(=O)NNc2ccccc2)cc1. The molecule has 0 aromatic heterocycles. The smallest absolute Gasteiger partial charge is 0.269 e. The van der Waals surface area contributed by atoms with Gasteiger partial charge in [-0.15, -0.1) is 11.8 Å². The van der Waals surface area contributed by atoms with Crippen LogP contribution in [-0.2, 0) is 0 Å². The third-order valence-corrected chi connectivity index (χ3v) is 3.60. The Labute approximate surface area is 123 Å². The topological polar surface area (TPSA) is 41.1 Å². The predicted octanol–water partition coefficient (Wildman–Crippen LogP) is 3.94. The van der Waals surface area contributed by atoms with Crippen molar-refractivity contribution in [2.45, 2.75) is 24.0 Å². The summed E-state index contributed by atoms with van der Waals surface area (Å²) in [7, 11) is 0. The second-order valence-electron chi connectivity index (χ2n) is 4.64. The molecule has 0 aliphatic rings. The number of nitrogens with one attached hydrogen (secondary N) is 2. The number of carbonyl (C=O) groups excluding carboxylic acids is 1. The molecule has 0 saturated heterocycles. The van der Waals surface area contributed by atoms with Gasteiger partial charge in [0.2, 0.25) is 0 Å². The zero-order chi connectivity index (χ0) is 14.4. The molecule has 0 unspecified atom stereocenters. The van der Waals surface area contributed by atoms with Gasteiger partial charge in [-0.3, -0.25) is 15.6 Å². The van der Waals surface area contributed by atoms with E-state index in [4.69, 9.17) is 0 Å².